The van der Waals surface area contributed by atoms with E-state index in [4.69, 9.17) is 4.74 Å². The molecule has 1 aliphatic heterocycles. The summed E-state index contributed by atoms with van der Waals surface area (Å²) < 4.78 is 5.16. The number of fused-ring (bicyclic) bond motifs is 1. The summed E-state index contributed by atoms with van der Waals surface area (Å²) in [7, 11) is 1.58. The zero-order valence-electron chi connectivity index (χ0n) is 13.7. The summed E-state index contributed by atoms with van der Waals surface area (Å²) in [6.45, 7) is 0. The third-order valence-corrected chi connectivity index (χ3v) is 4.40. The van der Waals surface area contributed by atoms with Crippen molar-refractivity contribution in [1.82, 2.24) is 15.5 Å². The monoisotopic (exact) mass is 350 g/mol. The molecule has 3 aromatic rings. The van der Waals surface area contributed by atoms with Gasteiger partial charge in [-0.15, -0.1) is 0 Å². The summed E-state index contributed by atoms with van der Waals surface area (Å²) in [5.41, 5.74) is 2.65. The minimum absolute atomic E-state index is 0.0486. The van der Waals surface area contributed by atoms with E-state index < -0.39 is 11.0 Å². The molecule has 1 amide bonds. The number of methoxy groups -OCH3 is 1. The fourth-order valence-electron chi connectivity index (χ4n) is 3.18. The van der Waals surface area contributed by atoms with Gasteiger partial charge in [-0.25, -0.2) is 0 Å². The van der Waals surface area contributed by atoms with Crippen molar-refractivity contribution in [1.29, 1.82) is 0 Å². The molecule has 2 N–H and O–H groups in total. The second kappa shape index (κ2) is 5.99. The Bertz CT molecular complexity index is 1010. The fourth-order valence-corrected chi connectivity index (χ4v) is 3.18. The van der Waals surface area contributed by atoms with Crippen molar-refractivity contribution < 1.29 is 14.5 Å². The molecule has 1 unspecified atom stereocenters. The third kappa shape index (κ3) is 2.39. The topological polar surface area (TPSA) is 110 Å². The van der Waals surface area contributed by atoms with Crippen LogP contribution in [0.4, 0.5) is 5.69 Å². The molecule has 0 saturated heterocycles. The number of carbonyl (C=O) groups excluding carboxylic acids is 1. The van der Waals surface area contributed by atoms with Gasteiger partial charge in [0.2, 0.25) is 0 Å². The van der Waals surface area contributed by atoms with E-state index in [1.807, 2.05) is 12.1 Å². The zero-order chi connectivity index (χ0) is 18.3. The van der Waals surface area contributed by atoms with Gasteiger partial charge in [0, 0.05) is 17.2 Å². The first kappa shape index (κ1) is 15.8. The standard InChI is InChI=1S/C18H14N4O4/c1-26-11-8-6-10(7-9-11)15-14-16(19-18(23)17(14)21-20-15)12-4-2-3-5-13(12)22(24)25/h2-9,16H,1H3,(H,19,23)(H,20,21). The van der Waals surface area contributed by atoms with E-state index in [0.29, 0.717) is 28.3 Å². The van der Waals surface area contributed by atoms with Gasteiger partial charge in [0.15, 0.2) is 0 Å². The molecule has 130 valence electrons. The Morgan fingerprint density at radius 1 is 1.15 bits per heavy atom. The minimum Gasteiger partial charge on any atom is -0.497 e. The number of amides is 1. The van der Waals surface area contributed by atoms with Gasteiger partial charge in [-0.2, -0.15) is 5.10 Å². The summed E-state index contributed by atoms with van der Waals surface area (Å²) in [6, 6.07) is 13.0. The minimum atomic E-state index is -0.644. The fraction of sp³-hybridized carbons (Fsp3) is 0.111. The molecule has 26 heavy (non-hydrogen) atoms. The molecule has 0 saturated carbocycles. The van der Waals surface area contributed by atoms with E-state index in [0.717, 1.165) is 5.56 Å². The molecule has 8 heteroatoms. The first-order valence-corrected chi connectivity index (χ1v) is 7.87. The lowest BCUT2D eigenvalue weighted by Gasteiger charge is -2.13. The van der Waals surface area contributed by atoms with Crippen molar-refractivity contribution in [2.45, 2.75) is 6.04 Å². The van der Waals surface area contributed by atoms with Gasteiger partial charge >= 0.3 is 0 Å². The molecule has 1 aromatic heterocycles. The number of aromatic nitrogens is 2. The smallest absolute Gasteiger partial charge is 0.275 e. The molecule has 0 bridgehead atoms. The lowest BCUT2D eigenvalue weighted by molar-refractivity contribution is -0.385. The number of aromatic amines is 1. The molecular weight excluding hydrogens is 336 g/mol. The van der Waals surface area contributed by atoms with Crippen LogP contribution in [0, 0.1) is 10.1 Å². The number of nitro benzene ring substituents is 1. The number of ether oxygens (including phenoxy) is 1. The predicted octanol–water partition coefficient (Wildman–Crippen LogP) is 2.83. The Morgan fingerprint density at radius 2 is 1.88 bits per heavy atom. The first-order valence-electron chi connectivity index (χ1n) is 7.87. The second-order valence-electron chi connectivity index (χ2n) is 5.81. The van der Waals surface area contributed by atoms with Crippen LogP contribution in [0.25, 0.3) is 11.3 Å². The lowest BCUT2D eigenvalue weighted by Crippen LogP contribution is -2.21. The lowest BCUT2D eigenvalue weighted by atomic mass is 9.95. The van der Waals surface area contributed by atoms with Crippen LogP contribution in [0.3, 0.4) is 0 Å². The van der Waals surface area contributed by atoms with E-state index in [9.17, 15) is 14.9 Å². The van der Waals surface area contributed by atoms with Crippen LogP contribution in [-0.2, 0) is 0 Å². The largest absolute Gasteiger partial charge is 0.497 e. The zero-order valence-corrected chi connectivity index (χ0v) is 13.7. The average Bonchev–Trinajstić information content (AvgIpc) is 3.23. The Balaban J connectivity index is 1.86. The van der Waals surface area contributed by atoms with Crippen molar-refractivity contribution >= 4 is 11.6 Å². The van der Waals surface area contributed by atoms with Gasteiger partial charge in [0.1, 0.15) is 11.4 Å². The molecule has 8 nitrogen and oxygen atoms in total. The number of H-pyrrole nitrogens is 1. The van der Waals surface area contributed by atoms with E-state index in [1.165, 1.54) is 6.07 Å². The van der Waals surface area contributed by atoms with Crippen LogP contribution in [0.5, 0.6) is 5.75 Å². The number of nitro groups is 1. The second-order valence-corrected chi connectivity index (χ2v) is 5.81. The molecule has 1 atom stereocenters. The highest BCUT2D eigenvalue weighted by Crippen LogP contribution is 2.40. The van der Waals surface area contributed by atoms with Crippen LogP contribution in [0.2, 0.25) is 0 Å². The molecule has 1 aliphatic rings. The number of benzene rings is 2. The van der Waals surface area contributed by atoms with E-state index in [-0.39, 0.29) is 11.6 Å². The summed E-state index contributed by atoms with van der Waals surface area (Å²) in [4.78, 5) is 23.2. The van der Waals surface area contributed by atoms with Crippen molar-refractivity contribution in [2.75, 3.05) is 7.11 Å². The Kier molecular flexibility index (Phi) is 3.65. The van der Waals surface area contributed by atoms with E-state index >= 15 is 0 Å². The molecule has 2 heterocycles. The quantitative estimate of drug-likeness (QED) is 0.555. The first-order chi connectivity index (χ1) is 12.6. The van der Waals surface area contributed by atoms with Crippen molar-refractivity contribution in [3.8, 4) is 17.0 Å². The molecule has 0 fully saturated rings. The molecular formula is C18H14N4O4. The number of hydrogen-bond acceptors (Lipinski definition) is 5. The van der Waals surface area contributed by atoms with Crippen LogP contribution in [0.1, 0.15) is 27.7 Å². The molecule has 0 radical (unpaired) electrons. The van der Waals surface area contributed by atoms with Crippen molar-refractivity contribution in [3.63, 3.8) is 0 Å². The van der Waals surface area contributed by atoms with Gasteiger partial charge in [-0.1, -0.05) is 12.1 Å². The molecule has 0 spiro atoms. The van der Waals surface area contributed by atoms with Gasteiger partial charge in [0.25, 0.3) is 11.6 Å². The highest BCUT2D eigenvalue weighted by Gasteiger charge is 2.38. The van der Waals surface area contributed by atoms with Crippen LogP contribution < -0.4 is 10.1 Å². The maximum absolute atomic E-state index is 12.3. The number of rotatable bonds is 4. The summed E-state index contributed by atoms with van der Waals surface area (Å²) >= 11 is 0. The summed E-state index contributed by atoms with van der Waals surface area (Å²) in [5.74, 6) is 0.362. The van der Waals surface area contributed by atoms with Gasteiger partial charge in [0.05, 0.1) is 29.3 Å². The highest BCUT2D eigenvalue weighted by atomic mass is 16.6. The molecule has 2 aromatic carbocycles. The van der Waals surface area contributed by atoms with E-state index in [1.54, 1.807) is 37.4 Å². The molecule has 0 aliphatic carbocycles. The van der Waals surface area contributed by atoms with E-state index in [2.05, 4.69) is 15.5 Å². The third-order valence-electron chi connectivity index (χ3n) is 4.40. The number of para-hydroxylation sites is 1. The van der Waals surface area contributed by atoms with Crippen LogP contribution in [0.15, 0.2) is 48.5 Å². The van der Waals surface area contributed by atoms with Crippen LogP contribution in [-0.4, -0.2) is 28.1 Å². The highest BCUT2D eigenvalue weighted by molar-refractivity contribution is 6.00. The predicted molar refractivity (Wildman–Crippen MR) is 93.0 cm³/mol. The van der Waals surface area contributed by atoms with Crippen molar-refractivity contribution in [3.05, 3.63) is 75.5 Å². The normalized spacial score (nSPS) is 15.4. The van der Waals surface area contributed by atoms with Gasteiger partial charge < -0.3 is 10.1 Å². The average molecular weight is 350 g/mol. The number of carbonyl (C=O) groups is 1. The Morgan fingerprint density at radius 3 is 2.58 bits per heavy atom. The summed E-state index contributed by atoms with van der Waals surface area (Å²) in [5, 5.41) is 21.2. The summed E-state index contributed by atoms with van der Waals surface area (Å²) in [6.07, 6.45) is 0. The maximum atomic E-state index is 12.3. The van der Waals surface area contributed by atoms with Crippen molar-refractivity contribution in [2.24, 2.45) is 0 Å². The Labute approximate surface area is 148 Å². The number of hydrogen-bond donors (Lipinski definition) is 2. The Hall–Kier alpha value is -3.68. The van der Waals surface area contributed by atoms with Crippen LogP contribution >= 0.6 is 0 Å². The number of nitrogens with zero attached hydrogens (tertiary/aromatic N) is 2. The van der Waals surface area contributed by atoms with Gasteiger partial charge in [-0.3, -0.25) is 20.0 Å². The number of nitrogens with one attached hydrogen (secondary N) is 2. The van der Waals surface area contributed by atoms with Gasteiger partial charge in [-0.05, 0) is 30.3 Å². The SMILES string of the molecule is COc1ccc(-c2n[nH]c3c2C(c2ccccc2[N+](=O)[O-])NC3=O)cc1. The molecule has 4 rings (SSSR count). The maximum Gasteiger partial charge on any atom is 0.275 e.